The Kier molecular flexibility index (Phi) is 8.63. The van der Waals surface area contributed by atoms with E-state index in [2.05, 4.69) is 10.2 Å². The zero-order chi connectivity index (χ0) is 27.1. The van der Waals surface area contributed by atoms with Crippen LogP contribution in [0.25, 0.3) is 0 Å². The van der Waals surface area contributed by atoms with Crippen molar-refractivity contribution in [2.24, 2.45) is 0 Å². The fraction of sp³-hybridized carbons (Fsp3) is 0.300. The molecule has 1 aliphatic heterocycles. The zero-order valence-electron chi connectivity index (χ0n) is 22.1. The van der Waals surface area contributed by atoms with Crippen LogP contribution < -0.4 is 15.0 Å². The van der Waals surface area contributed by atoms with E-state index in [0.717, 1.165) is 24.5 Å². The number of amides is 3. The Bertz CT molecular complexity index is 1240. The molecule has 0 unspecified atom stereocenters. The third kappa shape index (κ3) is 6.51. The van der Waals surface area contributed by atoms with Crippen molar-refractivity contribution in [3.05, 3.63) is 90.0 Å². The topological polar surface area (TPSA) is 82.2 Å². The maximum atomic E-state index is 12.9. The fourth-order valence-corrected chi connectivity index (χ4v) is 4.43. The predicted octanol–water partition coefficient (Wildman–Crippen LogP) is 4.15. The van der Waals surface area contributed by atoms with E-state index >= 15 is 0 Å². The van der Waals surface area contributed by atoms with Crippen LogP contribution in [0.2, 0.25) is 0 Å². The number of carbonyl (C=O) groups is 3. The van der Waals surface area contributed by atoms with Crippen LogP contribution in [0.15, 0.2) is 78.9 Å². The molecule has 3 aromatic rings. The van der Waals surface area contributed by atoms with Gasteiger partial charge < -0.3 is 24.8 Å². The first-order chi connectivity index (χ1) is 18.4. The normalized spacial score (nSPS) is 13.3. The summed E-state index contributed by atoms with van der Waals surface area (Å²) in [5.74, 6) is 0.326. The second kappa shape index (κ2) is 12.3. The molecule has 0 radical (unpaired) electrons. The van der Waals surface area contributed by atoms with Gasteiger partial charge >= 0.3 is 0 Å². The Hall–Kier alpha value is -4.33. The van der Waals surface area contributed by atoms with Crippen molar-refractivity contribution < 1.29 is 19.1 Å². The van der Waals surface area contributed by atoms with Crippen molar-refractivity contribution in [1.82, 2.24) is 9.80 Å². The van der Waals surface area contributed by atoms with Crippen LogP contribution in [0.3, 0.4) is 0 Å². The lowest BCUT2D eigenvalue weighted by molar-refractivity contribution is -0.117. The minimum atomic E-state index is -0.249. The van der Waals surface area contributed by atoms with Gasteiger partial charge in [-0.2, -0.15) is 0 Å². The summed E-state index contributed by atoms with van der Waals surface area (Å²) < 4.78 is 5.17. The quantitative estimate of drug-likeness (QED) is 0.489. The van der Waals surface area contributed by atoms with Crippen LogP contribution in [-0.2, 0) is 4.79 Å². The van der Waals surface area contributed by atoms with Crippen LogP contribution in [0, 0.1) is 0 Å². The molecule has 1 heterocycles. The highest BCUT2D eigenvalue weighted by atomic mass is 16.5. The number of anilines is 2. The molecule has 3 aromatic carbocycles. The van der Waals surface area contributed by atoms with Gasteiger partial charge in [-0.1, -0.05) is 18.2 Å². The smallest absolute Gasteiger partial charge is 0.254 e. The minimum Gasteiger partial charge on any atom is -0.497 e. The molecule has 0 atom stereocenters. The first kappa shape index (κ1) is 26.7. The Morgan fingerprint density at radius 1 is 0.842 bits per heavy atom. The number of carbonyl (C=O) groups excluding carboxylic acids is 3. The average molecular weight is 515 g/mol. The van der Waals surface area contributed by atoms with Gasteiger partial charge in [-0.25, -0.2) is 0 Å². The summed E-state index contributed by atoms with van der Waals surface area (Å²) in [5.41, 5.74) is 2.91. The van der Waals surface area contributed by atoms with E-state index in [1.54, 1.807) is 48.4 Å². The maximum Gasteiger partial charge on any atom is 0.254 e. The number of piperazine rings is 1. The van der Waals surface area contributed by atoms with Gasteiger partial charge in [0.1, 0.15) is 12.3 Å². The Balaban J connectivity index is 1.29. The maximum absolute atomic E-state index is 12.9. The van der Waals surface area contributed by atoms with E-state index in [1.807, 2.05) is 61.2 Å². The highest BCUT2D eigenvalue weighted by molar-refractivity contribution is 5.99. The van der Waals surface area contributed by atoms with E-state index in [9.17, 15) is 14.4 Å². The first-order valence-corrected chi connectivity index (χ1v) is 12.8. The third-order valence-electron chi connectivity index (χ3n) is 6.64. The van der Waals surface area contributed by atoms with Gasteiger partial charge in [0.05, 0.1) is 7.11 Å². The van der Waals surface area contributed by atoms with Gasteiger partial charge in [-0.15, -0.1) is 0 Å². The lowest BCUT2D eigenvalue weighted by Gasteiger charge is -2.36. The molecule has 3 amide bonds. The number of nitrogens with zero attached hydrogens (tertiary/aromatic N) is 3. The molecule has 0 saturated carbocycles. The van der Waals surface area contributed by atoms with Gasteiger partial charge in [-0.05, 0) is 74.5 Å². The lowest BCUT2D eigenvalue weighted by Crippen LogP contribution is -2.48. The van der Waals surface area contributed by atoms with Crippen LogP contribution in [0.5, 0.6) is 5.75 Å². The molecule has 0 bridgehead atoms. The molecule has 1 aliphatic rings. The van der Waals surface area contributed by atoms with Crippen LogP contribution in [0.4, 0.5) is 11.4 Å². The highest BCUT2D eigenvalue weighted by Crippen LogP contribution is 2.21. The van der Waals surface area contributed by atoms with Crippen molar-refractivity contribution in [2.75, 3.05) is 50.1 Å². The Labute approximate surface area is 223 Å². The van der Waals surface area contributed by atoms with Gasteiger partial charge in [-0.3, -0.25) is 14.4 Å². The largest absolute Gasteiger partial charge is 0.497 e. The van der Waals surface area contributed by atoms with E-state index in [-0.39, 0.29) is 30.3 Å². The summed E-state index contributed by atoms with van der Waals surface area (Å²) in [6.07, 6.45) is 0. The average Bonchev–Trinajstić information content (AvgIpc) is 2.96. The van der Waals surface area contributed by atoms with Crippen LogP contribution >= 0.6 is 0 Å². The number of hydrogen-bond acceptors (Lipinski definition) is 5. The van der Waals surface area contributed by atoms with Gasteiger partial charge in [0.25, 0.3) is 11.8 Å². The number of nitrogens with one attached hydrogen (secondary N) is 1. The number of hydrogen-bond donors (Lipinski definition) is 1. The van der Waals surface area contributed by atoms with E-state index in [4.69, 9.17) is 4.74 Å². The summed E-state index contributed by atoms with van der Waals surface area (Å²) in [7, 11) is 1.60. The van der Waals surface area contributed by atoms with Crippen molar-refractivity contribution in [2.45, 2.75) is 19.9 Å². The van der Waals surface area contributed by atoms with Gasteiger partial charge in [0.15, 0.2) is 0 Å². The molecular weight excluding hydrogens is 480 g/mol. The standard InChI is InChI=1S/C30H34N4O4/c1-22(2)34(30(37)23-7-5-4-6-8-23)21-28(35)31-25-11-13-26(14-12-25)32-17-19-33(20-18-32)29(36)24-9-15-27(38-3)16-10-24/h4-16,22H,17-21H2,1-3H3,(H,31,35). The zero-order valence-corrected chi connectivity index (χ0v) is 22.1. The molecular formula is C30H34N4O4. The third-order valence-corrected chi connectivity index (χ3v) is 6.64. The molecule has 8 heteroatoms. The van der Waals surface area contributed by atoms with Gasteiger partial charge in [0.2, 0.25) is 5.91 Å². The van der Waals surface area contributed by atoms with E-state index in [1.165, 1.54) is 0 Å². The minimum absolute atomic E-state index is 0.0200. The molecule has 1 N–H and O–H groups in total. The molecule has 0 spiro atoms. The molecule has 0 aliphatic carbocycles. The van der Waals surface area contributed by atoms with E-state index in [0.29, 0.717) is 29.9 Å². The summed E-state index contributed by atoms with van der Waals surface area (Å²) in [6, 6.07) is 23.7. The van der Waals surface area contributed by atoms with Gasteiger partial charge in [0, 0.05) is 54.7 Å². The molecule has 4 rings (SSSR count). The molecule has 1 fully saturated rings. The molecule has 1 saturated heterocycles. The number of rotatable bonds is 8. The first-order valence-electron chi connectivity index (χ1n) is 12.8. The predicted molar refractivity (Wildman–Crippen MR) is 149 cm³/mol. The molecule has 198 valence electrons. The monoisotopic (exact) mass is 514 g/mol. The van der Waals surface area contributed by atoms with Crippen molar-refractivity contribution in [1.29, 1.82) is 0 Å². The van der Waals surface area contributed by atoms with Crippen molar-refractivity contribution in [3.8, 4) is 5.75 Å². The number of ether oxygens (including phenoxy) is 1. The summed E-state index contributed by atoms with van der Waals surface area (Å²) in [5, 5.41) is 2.90. The highest BCUT2D eigenvalue weighted by Gasteiger charge is 2.23. The van der Waals surface area contributed by atoms with E-state index < -0.39 is 0 Å². The molecule has 8 nitrogen and oxygen atoms in total. The lowest BCUT2D eigenvalue weighted by atomic mass is 10.1. The summed E-state index contributed by atoms with van der Waals surface area (Å²) >= 11 is 0. The SMILES string of the molecule is COc1ccc(C(=O)N2CCN(c3ccc(NC(=O)CN(C(=O)c4ccccc4)C(C)C)cc3)CC2)cc1. The van der Waals surface area contributed by atoms with Crippen LogP contribution in [-0.4, -0.2) is 73.4 Å². The van der Waals surface area contributed by atoms with Crippen LogP contribution in [0.1, 0.15) is 34.6 Å². The Morgan fingerprint density at radius 2 is 1.47 bits per heavy atom. The number of benzene rings is 3. The summed E-state index contributed by atoms with van der Waals surface area (Å²) in [4.78, 5) is 44.1. The molecule has 38 heavy (non-hydrogen) atoms. The fourth-order valence-electron chi connectivity index (χ4n) is 4.43. The van der Waals surface area contributed by atoms with Crippen molar-refractivity contribution >= 4 is 29.1 Å². The second-order valence-electron chi connectivity index (χ2n) is 9.50. The van der Waals surface area contributed by atoms with Crippen molar-refractivity contribution in [3.63, 3.8) is 0 Å². The molecule has 0 aromatic heterocycles. The number of methoxy groups -OCH3 is 1. The second-order valence-corrected chi connectivity index (χ2v) is 9.50. The Morgan fingerprint density at radius 3 is 2.05 bits per heavy atom. The summed E-state index contributed by atoms with van der Waals surface area (Å²) in [6.45, 7) is 6.46.